The Morgan fingerprint density at radius 3 is 1.94 bits per heavy atom. The quantitative estimate of drug-likeness (QED) is 0.154. The van der Waals surface area contributed by atoms with Crippen LogP contribution in [0.1, 0.15) is 66.5 Å². The van der Waals surface area contributed by atoms with Crippen LogP contribution in [-0.2, 0) is 14.4 Å². The largest absolute Gasteiger partial charge is 0.381 e. The highest BCUT2D eigenvalue weighted by atomic mass is 32.2. The van der Waals surface area contributed by atoms with E-state index in [0.717, 1.165) is 33.4 Å². The highest BCUT2D eigenvalue weighted by molar-refractivity contribution is 7.99. The maximum absolute atomic E-state index is 14.0. The van der Waals surface area contributed by atoms with Crippen LogP contribution in [-0.4, -0.2) is 64.8 Å². The second-order valence-electron chi connectivity index (χ2n) is 13.4. The molecule has 2 aliphatic rings. The molecular weight excluding hydrogens is 631 g/mol. The maximum atomic E-state index is 14.0. The zero-order chi connectivity index (χ0) is 34.3. The zero-order valence-electron chi connectivity index (χ0n) is 28.1. The maximum Gasteiger partial charge on any atom is 0.251 e. The van der Waals surface area contributed by atoms with Crippen molar-refractivity contribution in [2.24, 2.45) is 5.92 Å². The first-order valence-corrected chi connectivity index (χ1v) is 18.3. The Morgan fingerprint density at radius 1 is 0.816 bits per heavy atom. The van der Waals surface area contributed by atoms with Gasteiger partial charge in [0, 0.05) is 31.2 Å². The topological polar surface area (TPSA) is 98.7 Å². The van der Waals surface area contributed by atoms with Crippen molar-refractivity contribution in [1.29, 1.82) is 0 Å². The monoisotopic (exact) mass is 675 g/mol. The third kappa shape index (κ3) is 7.92. The third-order valence-corrected chi connectivity index (χ3v) is 11.0. The van der Waals surface area contributed by atoms with Gasteiger partial charge < -0.3 is 20.6 Å². The van der Waals surface area contributed by atoms with E-state index in [9.17, 15) is 19.5 Å². The first-order valence-electron chi connectivity index (χ1n) is 17.3. The molecule has 0 radical (unpaired) electrons. The Morgan fingerprint density at radius 2 is 1.37 bits per heavy atom. The van der Waals surface area contributed by atoms with Gasteiger partial charge in [0.1, 0.15) is 6.04 Å². The average Bonchev–Trinajstić information content (AvgIpc) is 3.75. The van der Waals surface area contributed by atoms with Gasteiger partial charge >= 0.3 is 0 Å². The summed E-state index contributed by atoms with van der Waals surface area (Å²) in [6.45, 7) is 4.88. The summed E-state index contributed by atoms with van der Waals surface area (Å²) < 4.78 is 0. The molecule has 0 aromatic heterocycles. The fourth-order valence-corrected chi connectivity index (χ4v) is 8.40. The fraction of sp³-hybridized carbons (Fsp3) is 0.341. The van der Waals surface area contributed by atoms with Crippen molar-refractivity contribution in [1.82, 2.24) is 15.5 Å². The van der Waals surface area contributed by atoms with Crippen molar-refractivity contribution in [3.63, 3.8) is 0 Å². The van der Waals surface area contributed by atoms with Crippen LogP contribution in [0, 0.1) is 5.92 Å². The predicted molar refractivity (Wildman–Crippen MR) is 196 cm³/mol. The van der Waals surface area contributed by atoms with Crippen molar-refractivity contribution in [3.05, 3.63) is 131 Å². The Balaban J connectivity index is 1.19. The number of thioether (sulfide) groups is 1. The smallest absolute Gasteiger partial charge is 0.251 e. The molecule has 6 rings (SSSR count). The molecule has 1 saturated heterocycles. The molecule has 1 aliphatic carbocycles. The summed E-state index contributed by atoms with van der Waals surface area (Å²) in [6.07, 6.45) is 0.0524. The molecule has 7 nitrogen and oxygen atoms in total. The third-order valence-electron chi connectivity index (χ3n) is 9.53. The summed E-state index contributed by atoms with van der Waals surface area (Å²) in [7, 11) is 0. The van der Waals surface area contributed by atoms with Gasteiger partial charge in [0.2, 0.25) is 11.8 Å². The standard InChI is InChI=1S/C41H45N3O4S/c1-27(2)25-42-41(48)38(46)35(26-49-39(28-14-5-3-6-15-28)29-16-7-4-8-17-29)43-40(47)36-22-13-23-44(36)37(45)24-34-32-20-11-9-18-30(32)31-19-10-12-21-33(31)34/h3-12,14-21,27,34-36,38-39,46H,13,22-26H2,1-2H3,(H,42,48)(H,43,47)/t35-,36-,38+/m0/s1. The van der Waals surface area contributed by atoms with Crippen LogP contribution >= 0.6 is 11.8 Å². The minimum atomic E-state index is -1.46. The lowest BCUT2D eigenvalue weighted by molar-refractivity contribution is -0.140. The Kier molecular flexibility index (Phi) is 11.2. The molecule has 49 heavy (non-hydrogen) atoms. The van der Waals surface area contributed by atoms with E-state index >= 15 is 0 Å². The number of amides is 3. The number of nitrogens with zero attached hydrogens (tertiary/aromatic N) is 1. The molecule has 254 valence electrons. The van der Waals surface area contributed by atoms with Gasteiger partial charge in [-0.2, -0.15) is 0 Å². The summed E-state index contributed by atoms with van der Waals surface area (Å²) in [5.74, 6) is -0.511. The molecule has 1 heterocycles. The number of fused-ring (bicyclic) bond motifs is 3. The molecule has 0 spiro atoms. The average molecular weight is 676 g/mol. The number of carbonyl (C=O) groups excluding carboxylic acids is 3. The van der Waals surface area contributed by atoms with Gasteiger partial charge in [-0.15, -0.1) is 11.8 Å². The van der Waals surface area contributed by atoms with E-state index in [1.54, 1.807) is 16.7 Å². The first-order chi connectivity index (χ1) is 23.8. The van der Waals surface area contributed by atoms with E-state index in [-0.39, 0.29) is 41.1 Å². The number of aliphatic hydroxyl groups is 1. The van der Waals surface area contributed by atoms with E-state index in [1.807, 2.05) is 74.5 Å². The second-order valence-corrected chi connectivity index (χ2v) is 14.5. The molecule has 0 saturated carbocycles. The zero-order valence-corrected chi connectivity index (χ0v) is 28.9. The van der Waals surface area contributed by atoms with Crippen LogP contribution in [0.25, 0.3) is 11.1 Å². The van der Waals surface area contributed by atoms with Gasteiger partial charge in [-0.3, -0.25) is 14.4 Å². The van der Waals surface area contributed by atoms with Gasteiger partial charge in [0.05, 0.1) is 11.3 Å². The molecule has 3 N–H and O–H groups in total. The van der Waals surface area contributed by atoms with Gasteiger partial charge in [-0.1, -0.05) is 123 Å². The molecule has 4 aromatic rings. The summed E-state index contributed by atoms with van der Waals surface area (Å²) in [4.78, 5) is 42.9. The van der Waals surface area contributed by atoms with Crippen LogP contribution < -0.4 is 10.6 Å². The summed E-state index contributed by atoms with van der Waals surface area (Å²) in [6, 6.07) is 35.1. The van der Waals surface area contributed by atoms with Crippen LogP contribution in [0.15, 0.2) is 109 Å². The molecule has 4 aromatic carbocycles. The normalized spacial score (nSPS) is 16.7. The van der Waals surface area contributed by atoms with E-state index in [1.165, 1.54) is 0 Å². The van der Waals surface area contributed by atoms with Crippen LogP contribution in [0.3, 0.4) is 0 Å². The molecule has 1 fully saturated rings. The Labute approximate surface area is 293 Å². The van der Waals surface area contributed by atoms with Crippen LogP contribution in [0.4, 0.5) is 0 Å². The van der Waals surface area contributed by atoms with E-state index in [0.29, 0.717) is 25.9 Å². The lowest BCUT2D eigenvalue weighted by Gasteiger charge is -2.30. The molecule has 3 amide bonds. The Bertz CT molecular complexity index is 1660. The van der Waals surface area contributed by atoms with Gasteiger partial charge in [-0.05, 0) is 52.1 Å². The van der Waals surface area contributed by atoms with Gasteiger partial charge in [-0.25, -0.2) is 0 Å². The number of hydrogen-bond donors (Lipinski definition) is 3. The lowest BCUT2D eigenvalue weighted by atomic mass is 9.93. The Hall–Kier alpha value is -4.40. The van der Waals surface area contributed by atoms with Gasteiger partial charge in [0.15, 0.2) is 6.10 Å². The molecular formula is C41H45N3O4S. The molecule has 0 bridgehead atoms. The van der Waals surface area contributed by atoms with E-state index in [4.69, 9.17) is 0 Å². The summed E-state index contributed by atoms with van der Waals surface area (Å²) >= 11 is 1.57. The molecule has 8 heteroatoms. The van der Waals surface area contributed by atoms with Gasteiger partial charge in [0.25, 0.3) is 5.91 Å². The number of hydrogen-bond acceptors (Lipinski definition) is 5. The summed E-state index contributed by atoms with van der Waals surface area (Å²) in [5.41, 5.74) is 6.75. The van der Waals surface area contributed by atoms with Crippen molar-refractivity contribution in [2.75, 3.05) is 18.8 Å². The highest BCUT2D eigenvalue weighted by Gasteiger charge is 2.39. The van der Waals surface area contributed by atoms with E-state index in [2.05, 4.69) is 59.2 Å². The number of aliphatic hydroxyl groups excluding tert-OH is 1. The molecule has 0 unspecified atom stereocenters. The van der Waals surface area contributed by atoms with E-state index < -0.39 is 24.1 Å². The number of nitrogens with one attached hydrogen (secondary N) is 2. The SMILES string of the molecule is CC(C)CNC(=O)[C@H](O)[C@H](CSC(c1ccccc1)c1ccccc1)NC(=O)[C@@H]1CCCN1C(=O)CC1c2ccccc2-c2ccccc21. The molecule has 1 aliphatic heterocycles. The number of benzene rings is 4. The predicted octanol–water partition coefficient (Wildman–Crippen LogP) is 6.32. The van der Waals surface area contributed by atoms with Crippen molar-refractivity contribution >= 4 is 29.5 Å². The van der Waals surface area contributed by atoms with Crippen LogP contribution in [0.2, 0.25) is 0 Å². The van der Waals surface area contributed by atoms with Crippen LogP contribution in [0.5, 0.6) is 0 Å². The highest BCUT2D eigenvalue weighted by Crippen LogP contribution is 2.46. The van der Waals surface area contributed by atoms with Crippen molar-refractivity contribution in [3.8, 4) is 11.1 Å². The minimum Gasteiger partial charge on any atom is -0.381 e. The second kappa shape index (κ2) is 15.9. The lowest BCUT2D eigenvalue weighted by Crippen LogP contribution is -2.56. The minimum absolute atomic E-state index is 0.0662. The van der Waals surface area contributed by atoms with Crippen molar-refractivity contribution in [2.45, 2.75) is 62.5 Å². The van der Waals surface area contributed by atoms with Crippen molar-refractivity contribution < 1.29 is 19.5 Å². The summed E-state index contributed by atoms with van der Waals surface area (Å²) in [5, 5.41) is 17.1. The molecule has 3 atom stereocenters. The number of carbonyl (C=O) groups is 3. The first kappa shape index (κ1) is 34.5. The fourth-order valence-electron chi connectivity index (χ4n) is 7.03. The number of likely N-dealkylation sites (tertiary alicyclic amines) is 1. The number of rotatable bonds is 13.